The highest BCUT2D eigenvalue weighted by Gasteiger charge is 2.20. The average Bonchev–Trinajstić information content (AvgIpc) is 3.19. The summed E-state index contributed by atoms with van der Waals surface area (Å²) >= 11 is 0. The van der Waals surface area contributed by atoms with Gasteiger partial charge in [-0.1, -0.05) is 30.3 Å². The van der Waals surface area contributed by atoms with Crippen molar-refractivity contribution >= 4 is 5.91 Å². The molecule has 1 aromatic carbocycles. The van der Waals surface area contributed by atoms with Crippen LogP contribution < -0.4 is 5.32 Å². The zero-order chi connectivity index (χ0) is 17.3. The molecule has 3 rings (SSSR count). The molecule has 1 unspecified atom stereocenters. The lowest BCUT2D eigenvalue weighted by molar-refractivity contribution is -0.124. The second kappa shape index (κ2) is 9.39. The molecule has 25 heavy (non-hydrogen) atoms. The van der Waals surface area contributed by atoms with Crippen molar-refractivity contribution in [1.29, 1.82) is 0 Å². The molecule has 1 aliphatic rings. The summed E-state index contributed by atoms with van der Waals surface area (Å²) in [6, 6.07) is 13.9. The molecular weight excluding hydrogens is 314 g/mol. The van der Waals surface area contributed by atoms with Gasteiger partial charge in [-0.05, 0) is 30.7 Å². The van der Waals surface area contributed by atoms with E-state index in [1.165, 1.54) is 5.56 Å². The summed E-state index contributed by atoms with van der Waals surface area (Å²) in [5.41, 5.74) is 1.17. The molecule has 0 radical (unpaired) electrons. The number of hydrogen-bond donors (Lipinski definition) is 1. The number of carbonyl (C=O) groups excluding carboxylic acids is 1. The first kappa shape index (κ1) is 17.7. The van der Waals surface area contributed by atoms with Crippen LogP contribution in [0.25, 0.3) is 0 Å². The maximum absolute atomic E-state index is 12.7. The van der Waals surface area contributed by atoms with Crippen molar-refractivity contribution in [2.45, 2.75) is 18.9 Å². The van der Waals surface area contributed by atoms with Crippen molar-refractivity contribution in [1.82, 2.24) is 14.8 Å². The summed E-state index contributed by atoms with van der Waals surface area (Å²) in [4.78, 5) is 15.1. The molecule has 0 aliphatic carbocycles. The van der Waals surface area contributed by atoms with E-state index in [9.17, 15) is 4.79 Å². The third kappa shape index (κ3) is 5.44. The largest absolute Gasteiger partial charge is 0.379 e. The minimum atomic E-state index is -0.208. The zero-order valence-corrected chi connectivity index (χ0v) is 14.6. The number of nitrogens with one attached hydrogen (secondary N) is 1. The van der Waals surface area contributed by atoms with Crippen LogP contribution in [0.3, 0.4) is 0 Å². The topological polar surface area (TPSA) is 46.5 Å². The van der Waals surface area contributed by atoms with E-state index in [1.807, 2.05) is 47.3 Å². The van der Waals surface area contributed by atoms with Crippen molar-refractivity contribution in [2.75, 3.05) is 39.4 Å². The fourth-order valence-electron chi connectivity index (χ4n) is 3.18. The van der Waals surface area contributed by atoms with Gasteiger partial charge in [-0.2, -0.15) is 0 Å². The quantitative estimate of drug-likeness (QED) is 0.748. The van der Waals surface area contributed by atoms with Gasteiger partial charge in [0.15, 0.2) is 0 Å². The standard InChI is InChI=1S/C20H27N3O2/c24-20(21-9-6-10-22-13-15-25-16-14-22)19(23-11-4-5-12-23)17-18-7-2-1-3-8-18/h1-5,7-8,11-12,19H,6,9-10,13-17H2,(H,21,24). The average molecular weight is 341 g/mol. The van der Waals surface area contributed by atoms with Gasteiger partial charge in [-0.3, -0.25) is 9.69 Å². The van der Waals surface area contributed by atoms with E-state index in [2.05, 4.69) is 22.3 Å². The molecule has 0 bridgehead atoms. The van der Waals surface area contributed by atoms with Gasteiger partial charge in [0, 0.05) is 38.4 Å². The van der Waals surface area contributed by atoms with Gasteiger partial charge < -0.3 is 14.6 Å². The SMILES string of the molecule is O=C(NCCCN1CCOCC1)C(Cc1ccccc1)n1cccc1. The van der Waals surface area contributed by atoms with Crippen LogP contribution >= 0.6 is 0 Å². The molecule has 1 fully saturated rings. The maximum Gasteiger partial charge on any atom is 0.243 e. The number of hydrogen-bond acceptors (Lipinski definition) is 3. The first-order valence-corrected chi connectivity index (χ1v) is 9.07. The number of benzene rings is 1. The third-order valence-electron chi connectivity index (χ3n) is 4.62. The van der Waals surface area contributed by atoms with Gasteiger partial charge >= 0.3 is 0 Å². The van der Waals surface area contributed by atoms with Gasteiger partial charge in [0.25, 0.3) is 0 Å². The van der Waals surface area contributed by atoms with E-state index in [0.717, 1.165) is 39.3 Å². The molecule has 1 aromatic heterocycles. The third-order valence-corrected chi connectivity index (χ3v) is 4.62. The second-order valence-corrected chi connectivity index (χ2v) is 6.43. The van der Waals surface area contributed by atoms with Gasteiger partial charge in [-0.15, -0.1) is 0 Å². The lowest BCUT2D eigenvalue weighted by atomic mass is 10.1. The zero-order valence-electron chi connectivity index (χ0n) is 14.6. The fourth-order valence-corrected chi connectivity index (χ4v) is 3.18. The van der Waals surface area contributed by atoms with Gasteiger partial charge in [-0.25, -0.2) is 0 Å². The van der Waals surface area contributed by atoms with Crippen molar-refractivity contribution in [3.05, 3.63) is 60.4 Å². The summed E-state index contributed by atoms with van der Waals surface area (Å²) in [7, 11) is 0. The summed E-state index contributed by atoms with van der Waals surface area (Å²) in [5.74, 6) is 0.0852. The molecular formula is C20H27N3O2. The molecule has 2 heterocycles. The Morgan fingerprint density at radius 2 is 1.80 bits per heavy atom. The van der Waals surface area contributed by atoms with E-state index >= 15 is 0 Å². The monoisotopic (exact) mass is 341 g/mol. The second-order valence-electron chi connectivity index (χ2n) is 6.43. The molecule has 5 heteroatoms. The van der Waals surface area contributed by atoms with Gasteiger partial charge in [0.05, 0.1) is 13.2 Å². The Bertz CT molecular complexity index is 622. The summed E-state index contributed by atoms with van der Waals surface area (Å²) in [6.07, 6.45) is 5.59. The first-order chi connectivity index (χ1) is 12.3. The van der Waals surface area contributed by atoms with E-state index in [4.69, 9.17) is 4.74 Å². The van der Waals surface area contributed by atoms with Crippen molar-refractivity contribution < 1.29 is 9.53 Å². The van der Waals surface area contributed by atoms with Crippen LogP contribution in [-0.4, -0.2) is 54.8 Å². The maximum atomic E-state index is 12.7. The molecule has 1 aliphatic heterocycles. The molecule has 1 saturated heterocycles. The number of rotatable bonds is 8. The first-order valence-electron chi connectivity index (χ1n) is 9.07. The predicted molar refractivity (Wildman–Crippen MR) is 98.5 cm³/mol. The van der Waals surface area contributed by atoms with Crippen LogP contribution in [-0.2, 0) is 16.0 Å². The van der Waals surface area contributed by atoms with Crippen LogP contribution in [0.15, 0.2) is 54.9 Å². The Morgan fingerprint density at radius 1 is 1.08 bits per heavy atom. The van der Waals surface area contributed by atoms with Crippen LogP contribution in [0.1, 0.15) is 18.0 Å². The minimum absolute atomic E-state index is 0.0852. The molecule has 5 nitrogen and oxygen atoms in total. The molecule has 0 saturated carbocycles. The molecule has 1 atom stereocenters. The van der Waals surface area contributed by atoms with Gasteiger partial charge in [0.1, 0.15) is 6.04 Å². The van der Waals surface area contributed by atoms with Crippen LogP contribution in [0.4, 0.5) is 0 Å². The molecule has 0 spiro atoms. The number of amides is 1. The Hall–Kier alpha value is -2.11. The molecule has 1 amide bonds. The minimum Gasteiger partial charge on any atom is -0.379 e. The molecule has 2 aromatic rings. The number of nitrogens with zero attached hydrogens (tertiary/aromatic N) is 2. The summed E-state index contributed by atoms with van der Waals surface area (Å²) < 4.78 is 7.35. The smallest absolute Gasteiger partial charge is 0.243 e. The van der Waals surface area contributed by atoms with Crippen molar-refractivity contribution in [2.24, 2.45) is 0 Å². The van der Waals surface area contributed by atoms with E-state index in [1.54, 1.807) is 0 Å². The molecule has 134 valence electrons. The predicted octanol–water partition coefficient (Wildman–Crippen LogP) is 2.11. The highest BCUT2D eigenvalue weighted by molar-refractivity contribution is 5.80. The highest BCUT2D eigenvalue weighted by Crippen LogP contribution is 2.15. The van der Waals surface area contributed by atoms with E-state index in [-0.39, 0.29) is 11.9 Å². The van der Waals surface area contributed by atoms with Crippen LogP contribution in [0, 0.1) is 0 Å². The molecule has 1 N–H and O–H groups in total. The Morgan fingerprint density at radius 3 is 2.52 bits per heavy atom. The Balaban J connectivity index is 1.50. The van der Waals surface area contributed by atoms with Crippen molar-refractivity contribution in [3.8, 4) is 0 Å². The number of ether oxygens (including phenoxy) is 1. The van der Waals surface area contributed by atoms with E-state index < -0.39 is 0 Å². The van der Waals surface area contributed by atoms with Gasteiger partial charge in [0.2, 0.25) is 5.91 Å². The number of aromatic nitrogens is 1. The fraction of sp³-hybridized carbons (Fsp3) is 0.450. The summed E-state index contributed by atoms with van der Waals surface area (Å²) in [6.45, 7) is 5.35. The Kier molecular flexibility index (Phi) is 6.65. The number of morpholine rings is 1. The van der Waals surface area contributed by atoms with E-state index in [0.29, 0.717) is 13.0 Å². The summed E-state index contributed by atoms with van der Waals surface area (Å²) in [5, 5.41) is 3.11. The van der Waals surface area contributed by atoms with Crippen LogP contribution in [0.2, 0.25) is 0 Å². The van der Waals surface area contributed by atoms with Crippen molar-refractivity contribution in [3.63, 3.8) is 0 Å². The Labute approximate surface area is 149 Å². The van der Waals surface area contributed by atoms with Crippen LogP contribution in [0.5, 0.6) is 0 Å². The number of carbonyl (C=O) groups is 1. The highest BCUT2D eigenvalue weighted by atomic mass is 16.5. The normalized spacial score (nSPS) is 16.5. The lowest BCUT2D eigenvalue weighted by Crippen LogP contribution is -2.39. The lowest BCUT2D eigenvalue weighted by Gasteiger charge is -2.26.